The Morgan fingerprint density at radius 1 is 1.36 bits per heavy atom. The maximum atomic E-state index is 9.30. The Labute approximate surface area is 86.6 Å². The molecule has 2 heteroatoms. The van der Waals surface area contributed by atoms with Crippen molar-refractivity contribution in [2.24, 2.45) is 5.92 Å². The first-order valence-corrected chi connectivity index (χ1v) is 5.95. The predicted octanol–water partition coefficient (Wildman–Crippen LogP) is 2.50. The van der Waals surface area contributed by atoms with Gasteiger partial charge in [-0.3, -0.25) is 0 Å². The molecule has 0 radical (unpaired) electrons. The number of ether oxygens (including phenoxy) is 1. The Bertz CT molecular complexity index is 216. The first-order chi connectivity index (χ1) is 6.64. The van der Waals surface area contributed by atoms with Crippen LogP contribution in [0.5, 0.6) is 0 Å². The summed E-state index contributed by atoms with van der Waals surface area (Å²) < 4.78 is 6.20. The molecule has 0 aromatic carbocycles. The summed E-state index contributed by atoms with van der Waals surface area (Å²) in [7, 11) is 0. The van der Waals surface area contributed by atoms with Gasteiger partial charge in [-0.25, -0.2) is 0 Å². The van der Waals surface area contributed by atoms with Crippen LogP contribution < -0.4 is 0 Å². The van der Waals surface area contributed by atoms with E-state index >= 15 is 0 Å². The lowest BCUT2D eigenvalue weighted by Gasteiger charge is -2.33. The standard InChI is InChI=1S/C12H22O2/c1-3-10-5-4-6-12(10)8-7-11(2,9-13)14-12/h10,13H,3-9H2,1-2H3. The van der Waals surface area contributed by atoms with Gasteiger partial charge in [0, 0.05) is 0 Å². The fourth-order valence-corrected chi connectivity index (χ4v) is 3.33. The first-order valence-electron chi connectivity index (χ1n) is 5.95. The summed E-state index contributed by atoms with van der Waals surface area (Å²) in [5.74, 6) is 0.732. The zero-order chi connectivity index (χ0) is 10.2. The quantitative estimate of drug-likeness (QED) is 0.738. The molecule has 0 aromatic rings. The summed E-state index contributed by atoms with van der Waals surface area (Å²) >= 11 is 0. The van der Waals surface area contributed by atoms with Crippen LogP contribution in [0.4, 0.5) is 0 Å². The van der Waals surface area contributed by atoms with Crippen molar-refractivity contribution in [2.75, 3.05) is 6.61 Å². The molecule has 2 rings (SSSR count). The van der Waals surface area contributed by atoms with Crippen LogP contribution in [0, 0.1) is 5.92 Å². The maximum absolute atomic E-state index is 9.30. The highest BCUT2D eigenvalue weighted by atomic mass is 16.5. The maximum Gasteiger partial charge on any atom is 0.0892 e. The van der Waals surface area contributed by atoms with Crippen LogP contribution in [0.1, 0.15) is 52.4 Å². The van der Waals surface area contributed by atoms with Crippen molar-refractivity contribution in [1.29, 1.82) is 0 Å². The molecule has 2 aliphatic rings. The second-order valence-electron chi connectivity index (χ2n) is 5.27. The van der Waals surface area contributed by atoms with Crippen molar-refractivity contribution >= 4 is 0 Å². The highest BCUT2D eigenvalue weighted by Gasteiger charge is 2.52. The Morgan fingerprint density at radius 2 is 2.14 bits per heavy atom. The first kappa shape index (κ1) is 10.4. The van der Waals surface area contributed by atoms with Crippen LogP contribution in [0.3, 0.4) is 0 Å². The van der Waals surface area contributed by atoms with Crippen LogP contribution in [0.15, 0.2) is 0 Å². The molecule has 3 unspecified atom stereocenters. The van der Waals surface area contributed by atoms with Gasteiger partial charge in [-0.2, -0.15) is 0 Å². The topological polar surface area (TPSA) is 29.5 Å². The van der Waals surface area contributed by atoms with Gasteiger partial charge >= 0.3 is 0 Å². The molecular formula is C12H22O2. The van der Waals surface area contributed by atoms with E-state index in [-0.39, 0.29) is 17.8 Å². The van der Waals surface area contributed by atoms with E-state index < -0.39 is 0 Å². The lowest BCUT2D eigenvalue weighted by Crippen LogP contribution is -2.38. The summed E-state index contributed by atoms with van der Waals surface area (Å²) in [4.78, 5) is 0. The number of rotatable bonds is 2. The Kier molecular flexibility index (Phi) is 2.61. The highest BCUT2D eigenvalue weighted by Crippen LogP contribution is 2.51. The zero-order valence-corrected chi connectivity index (χ0v) is 9.38. The Morgan fingerprint density at radius 3 is 2.71 bits per heavy atom. The summed E-state index contributed by atoms with van der Waals surface area (Å²) in [6.45, 7) is 4.48. The molecule has 1 aliphatic heterocycles. The molecule has 1 saturated carbocycles. The number of aliphatic hydroxyl groups is 1. The third-order valence-electron chi connectivity index (χ3n) is 4.25. The molecule has 1 heterocycles. The van der Waals surface area contributed by atoms with E-state index in [4.69, 9.17) is 4.74 Å². The molecule has 1 N–H and O–H groups in total. The minimum absolute atomic E-state index is 0.131. The molecule has 0 bridgehead atoms. The van der Waals surface area contributed by atoms with Crippen molar-refractivity contribution in [2.45, 2.75) is 63.6 Å². The molecule has 0 aromatic heterocycles. The van der Waals surface area contributed by atoms with E-state index in [9.17, 15) is 5.11 Å². The van der Waals surface area contributed by atoms with Crippen LogP contribution in [0.2, 0.25) is 0 Å². The molecule has 1 aliphatic carbocycles. The molecule has 82 valence electrons. The summed E-state index contributed by atoms with van der Waals surface area (Å²) in [6, 6.07) is 0. The lowest BCUT2D eigenvalue weighted by molar-refractivity contribution is -0.131. The summed E-state index contributed by atoms with van der Waals surface area (Å²) in [6.07, 6.45) is 7.24. The van der Waals surface area contributed by atoms with Gasteiger partial charge in [0.2, 0.25) is 0 Å². The number of hydrogen-bond acceptors (Lipinski definition) is 2. The van der Waals surface area contributed by atoms with Gasteiger partial charge in [-0.05, 0) is 38.5 Å². The second kappa shape index (κ2) is 3.49. The van der Waals surface area contributed by atoms with Crippen LogP contribution >= 0.6 is 0 Å². The third-order valence-corrected chi connectivity index (χ3v) is 4.25. The molecule has 2 fully saturated rings. The summed E-state index contributed by atoms with van der Waals surface area (Å²) in [5, 5.41) is 9.30. The number of hydrogen-bond donors (Lipinski definition) is 1. The molecule has 3 atom stereocenters. The lowest BCUT2D eigenvalue weighted by atomic mass is 9.86. The monoisotopic (exact) mass is 198 g/mol. The van der Waals surface area contributed by atoms with Gasteiger partial charge in [0.25, 0.3) is 0 Å². The zero-order valence-electron chi connectivity index (χ0n) is 9.38. The highest BCUT2D eigenvalue weighted by molar-refractivity contribution is 5.01. The van der Waals surface area contributed by atoms with Gasteiger partial charge in [0.05, 0.1) is 17.8 Å². The molecule has 2 nitrogen and oxygen atoms in total. The Balaban J connectivity index is 2.11. The normalized spacial score (nSPS) is 47.8. The minimum Gasteiger partial charge on any atom is -0.393 e. The largest absolute Gasteiger partial charge is 0.393 e. The van der Waals surface area contributed by atoms with E-state index in [1.165, 1.54) is 25.7 Å². The Hall–Kier alpha value is -0.0800. The van der Waals surface area contributed by atoms with E-state index in [0.29, 0.717) is 0 Å². The van der Waals surface area contributed by atoms with Crippen molar-refractivity contribution < 1.29 is 9.84 Å². The van der Waals surface area contributed by atoms with Gasteiger partial charge in [0.15, 0.2) is 0 Å². The fourth-order valence-electron chi connectivity index (χ4n) is 3.33. The van der Waals surface area contributed by atoms with Crippen molar-refractivity contribution in [3.05, 3.63) is 0 Å². The second-order valence-corrected chi connectivity index (χ2v) is 5.27. The van der Waals surface area contributed by atoms with Gasteiger partial charge in [-0.1, -0.05) is 19.8 Å². The molecule has 1 saturated heterocycles. The third kappa shape index (κ3) is 1.49. The molecule has 0 amide bonds. The average Bonchev–Trinajstić information content (AvgIpc) is 2.73. The van der Waals surface area contributed by atoms with Crippen LogP contribution in [-0.4, -0.2) is 22.9 Å². The number of aliphatic hydroxyl groups excluding tert-OH is 1. The van der Waals surface area contributed by atoms with Gasteiger partial charge in [0.1, 0.15) is 0 Å². The van der Waals surface area contributed by atoms with E-state index in [0.717, 1.165) is 18.8 Å². The SMILES string of the molecule is CCC1CCCC12CCC(C)(CO)O2. The molecular weight excluding hydrogens is 176 g/mol. The van der Waals surface area contributed by atoms with Crippen LogP contribution in [-0.2, 0) is 4.74 Å². The van der Waals surface area contributed by atoms with Crippen LogP contribution in [0.25, 0.3) is 0 Å². The minimum atomic E-state index is -0.252. The van der Waals surface area contributed by atoms with E-state index in [2.05, 4.69) is 6.92 Å². The van der Waals surface area contributed by atoms with E-state index in [1.807, 2.05) is 6.92 Å². The fraction of sp³-hybridized carbons (Fsp3) is 1.00. The van der Waals surface area contributed by atoms with Crippen molar-refractivity contribution in [1.82, 2.24) is 0 Å². The summed E-state index contributed by atoms with van der Waals surface area (Å²) in [5.41, 5.74) is -0.121. The van der Waals surface area contributed by atoms with Crippen molar-refractivity contribution in [3.8, 4) is 0 Å². The van der Waals surface area contributed by atoms with Gasteiger partial charge < -0.3 is 9.84 Å². The molecule has 14 heavy (non-hydrogen) atoms. The van der Waals surface area contributed by atoms with E-state index in [1.54, 1.807) is 0 Å². The smallest absolute Gasteiger partial charge is 0.0892 e. The average molecular weight is 198 g/mol. The van der Waals surface area contributed by atoms with Crippen molar-refractivity contribution in [3.63, 3.8) is 0 Å². The molecule has 1 spiro atoms. The van der Waals surface area contributed by atoms with Gasteiger partial charge in [-0.15, -0.1) is 0 Å². The predicted molar refractivity (Wildman–Crippen MR) is 56.2 cm³/mol.